The first-order valence-electron chi connectivity index (χ1n) is 7.39. The van der Waals surface area contributed by atoms with Crippen molar-refractivity contribution in [2.24, 2.45) is 5.41 Å². The van der Waals surface area contributed by atoms with Crippen LogP contribution in [0.5, 0.6) is 0 Å². The zero-order valence-electron chi connectivity index (χ0n) is 12.4. The van der Waals surface area contributed by atoms with Gasteiger partial charge in [0.25, 0.3) is 0 Å². The predicted molar refractivity (Wildman–Crippen MR) is 82.7 cm³/mol. The van der Waals surface area contributed by atoms with Crippen molar-refractivity contribution >= 4 is 9.84 Å². The molecule has 21 heavy (non-hydrogen) atoms. The Balaban J connectivity index is 1.88. The zero-order valence-corrected chi connectivity index (χ0v) is 13.2. The molecule has 1 N–H and O–H groups in total. The lowest BCUT2D eigenvalue weighted by molar-refractivity contribution is 0.319. The predicted octanol–water partition coefficient (Wildman–Crippen LogP) is 2.50. The molecule has 2 rings (SSSR count). The molecule has 0 bridgehead atoms. The smallest absolute Gasteiger partial charge is 0.179 e. The fourth-order valence-corrected chi connectivity index (χ4v) is 4.12. The molecule has 0 saturated heterocycles. The van der Waals surface area contributed by atoms with Crippen LogP contribution < -0.4 is 5.32 Å². The van der Waals surface area contributed by atoms with E-state index in [9.17, 15) is 8.42 Å². The van der Waals surface area contributed by atoms with Crippen LogP contribution in [-0.4, -0.2) is 27.3 Å². The summed E-state index contributed by atoms with van der Waals surface area (Å²) in [6.45, 7) is 3.59. The minimum absolute atomic E-state index is 0.0674. The first-order chi connectivity index (χ1) is 9.95. The summed E-state index contributed by atoms with van der Waals surface area (Å²) in [7, 11) is -3.32. The van der Waals surface area contributed by atoms with Crippen LogP contribution in [0.15, 0.2) is 29.2 Å². The summed E-state index contributed by atoms with van der Waals surface area (Å²) >= 11 is 0. The third kappa shape index (κ3) is 4.29. The maximum Gasteiger partial charge on any atom is 0.179 e. The van der Waals surface area contributed by atoms with Gasteiger partial charge in [0.15, 0.2) is 9.84 Å². The van der Waals surface area contributed by atoms with Crippen LogP contribution >= 0.6 is 0 Å². The summed E-state index contributed by atoms with van der Waals surface area (Å²) in [5, 5.41) is 12.1. The molecule has 0 radical (unpaired) electrons. The molecule has 0 spiro atoms. The summed E-state index contributed by atoms with van der Waals surface area (Å²) in [6.07, 6.45) is 4.99. The first kappa shape index (κ1) is 16.0. The van der Waals surface area contributed by atoms with Crippen molar-refractivity contribution in [1.82, 2.24) is 5.32 Å². The van der Waals surface area contributed by atoms with Crippen LogP contribution in [-0.2, 0) is 9.84 Å². The largest absolute Gasteiger partial charge is 0.315 e. The fourth-order valence-electron chi connectivity index (χ4n) is 2.88. The molecule has 0 atom stereocenters. The van der Waals surface area contributed by atoms with Crippen LogP contribution in [0.1, 0.15) is 38.2 Å². The second-order valence-corrected chi connectivity index (χ2v) is 8.26. The maximum absolute atomic E-state index is 12.2. The quantitative estimate of drug-likeness (QED) is 0.820. The second-order valence-electron chi connectivity index (χ2n) is 6.15. The van der Waals surface area contributed by atoms with Gasteiger partial charge in [0.1, 0.15) is 0 Å². The molecular weight excluding hydrogens is 284 g/mol. The molecular formula is C16H22N2O2S. The second kappa shape index (κ2) is 6.59. The Hall–Kier alpha value is -1.38. The number of nitrogens with one attached hydrogen (secondary N) is 1. The van der Waals surface area contributed by atoms with E-state index in [1.54, 1.807) is 18.2 Å². The summed E-state index contributed by atoms with van der Waals surface area (Å²) in [6, 6.07) is 8.18. The third-order valence-electron chi connectivity index (χ3n) is 4.23. The molecule has 5 heteroatoms. The summed E-state index contributed by atoms with van der Waals surface area (Å²) < 4.78 is 24.5. The highest BCUT2D eigenvalue weighted by Gasteiger charge is 2.28. The van der Waals surface area contributed by atoms with Gasteiger partial charge in [-0.25, -0.2) is 8.42 Å². The van der Waals surface area contributed by atoms with Gasteiger partial charge >= 0.3 is 0 Å². The Kier molecular flexibility index (Phi) is 5.02. The van der Waals surface area contributed by atoms with Crippen LogP contribution in [0.25, 0.3) is 0 Å². The Morgan fingerprint density at radius 3 is 2.71 bits per heavy atom. The van der Waals surface area contributed by atoms with E-state index in [0.717, 1.165) is 6.54 Å². The minimum atomic E-state index is -3.32. The van der Waals surface area contributed by atoms with Crippen molar-refractivity contribution in [3.63, 3.8) is 0 Å². The van der Waals surface area contributed by atoms with Gasteiger partial charge in [-0.2, -0.15) is 5.26 Å². The van der Waals surface area contributed by atoms with Crippen LogP contribution in [0.3, 0.4) is 0 Å². The van der Waals surface area contributed by atoms with Crippen molar-refractivity contribution in [2.75, 3.05) is 18.8 Å². The average molecular weight is 306 g/mol. The minimum Gasteiger partial charge on any atom is -0.315 e. The Bertz CT molecular complexity index is 626. The number of rotatable bonds is 6. The zero-order chi connectivity index (χ0) is 15.3. The molecule has 1 saturated carbocycles. The average Bonchev–Trinajstić information content (AvgIpc) is 2.91. The van der Waals surface area contributed by atoms with Crippen LogP contribution in [0.2, 0.25) is 0 Å². The van der Waals surface area contributed by atoms with Gasteiger partial charge in [-0.05, 0) is 36.5 Å². The van der Waals surface area contributed by atoms with Gasteiger partial charge in [0.05, 0.1) is 22.3 Å². The number of hydrogen-bond donors (Lipinski definition) is 1. The van der Waals surface area contributed by atoms with Gasteiger partial charge in [-0.3, -0.25) is 0 Å². The van der Waals surface area contributed by atoms with Crippen molar-refractivity contribution in [3.05, 3.63) is 29.8 Å². The molecule has 4 nitrogen and oxygen atoms in total. The van der Waals surface area contributed by atoms with E-state index in [0.29, 0.717) is 17.5 Å². The standard InChI is InChI=1S/C16H22N2O2S/c1-16(7-2-3-8-16)13-18-9-10-21(19,20)15-6-4-5-14(11-15)12-17/h4-6,11,18H,2-3,7-10,13H2,1H3. The lowest BCUT2D eigenvalue weighted by Gasteiger charge is -2.23. The first-order valence-corrected chi connectivity index (χ1v) is 9.04. The van der Waals surface area contributed by atoms with E-state index in [4.69, 9.17) is 5.26 Å². The summed E-state index contributed by atoms with van der Waals surface area (Å²) in [5.41, 5.74) is 0.701. The van der Waals surface area contributed by atoms with E-state index >= 15 is 0 Å². The fraction of sp³-hybridized carbons (Fsp3) is 0.562. The topological polar surface area (TPSA) is 70.0 Å². The summed E-state index contributed by atoms with van der Waals surface area (Å²) in [5.74, 6) is 0.0674. The van der Waals surface area contributed by atoms with Gasteiger partial charge in [0.2, 0.25) is 0 Å². The highest BCUT2D eigenvalue weighted by molar-refractivity contribution is 7.91. The van der Waals surface area contributed by atoms with Gasteiger partial charge < -0.3 is 5.32 Å². The molecule has 1 aromatic carbocycles. The van der Waals surface area contributed by atoms with E-state index in [-0.39, 0.29) is 10.6 Å². The van der Waals surface area contributed by atoms with E-state index in [2.05, 4.69) is 12.2 Å². The molecule has 1 aliphatic carbocycles. The maximum atomic E-state index is 12.2. The van der Waals surface area contributed by atoms with Crippen LogP contribution in [0, 0.1) is 16.7 Å². The van der Waals surface area contributed by atoms with Crippen molar-refractivity contribution in [1.29, 1.82) is 5.26 Å². The molecule has 1 aliphatic rings. The molecule has 0 aromatic heterocycles. The van der Waals surface area contributed by atoms with Crippen molar-refractivity contribution in [2.45, 2.75) is 37.5 Å². The highest BCUT2D eigenvalue weighted by atomic mass is 32.2. The van der Waals surface area contributed by atoms with Crippen LogP contribution in [0.4, 0.5) is 0 Å². The molecule has 0 heterocycles. The molecule has 114 valence electrons. The van der Waals surface area contributed by atoms with E-state index in [1.807, 2.05) is 6.07 Å². The lowest BCUT2D eigenvalue weighted by atomic mass is 9.89. The monoisotopic (exact) mass is 306 g/mol. The number of sulfone groups is 1. The summed E-state index contributed by atoms with van der Waals surface area (Å²) in [4.78, 5) is 0.232. The Labute approximate surface area is 127 Å². The molecule has 0 unspecified atom stereocenters. The van der Waals surface area contributed by atoms with Gasteiger partial charge in [-0.1, -0.05) is 25.8 Å². The number of nitrogens with zero attached hydrogens (tertiary/aromatic N) is 1. The SMILES string of the molecule is CC1(CNCCS(=O)(=O)c2cccc(C#N)c2)CCCC1. The normalized spacial score (nSPS) is 17.5. The number of nitriles is 1. The molecule has 1 fully saturated rings. The van der Waals surface area contributed by atoms with Crippen molar-refractivity contribution < 1.29 is 8.42 Å². The van der Waals surface area contributed by atoms with E-state index in [1.165, 1.54) is 31.7 Å². The molecule has 0 aliphatic heterocycles. The number of hydrogen-bond acceptors (Lipinski definition) is 4. The van der Waals surface area contributed by atoms with Gasteiger partial charge in [0, 0.05) is 13.1 Å². The number of benzene rings is 1. The van der Waals surface area contributed by atoms with Gasteiger partial charge in [-0.15, -0.1) is 0 Å². The molecule has 0 amide bonds. The van der Waals surface area contributed by atoms with E-state index < -0.39 is 9.84 Å². The molecule has 1 aromatic rings. The lowest BCUT2D eigenvalue weighted by Crippen LogP contribution is -2.32. The third-order valence-corrected chi connectivity index (χ3v) is 5.95. The highest BCUT2D eigenvalue weighted by Crippen LogP contribution is 2.36. The Morgan fingerprint density at radius 1 is 1.33 bits per heavy atom. The Morgan fingerprint density at radius 2 is 2.05 bits per heavy atom. The van der Waals surface area contributed by atoms with Crippen molar-refractivity contribution in [3.8, 4) is 6.07 Å².